The molecule has 138 valence electrons. The molecular formula is C18H17FN6O2. The van der Waals surface area contributed by atoms with E-state index in [4.69, 9.17) is 0 Å². The molecule has 3 amide bonds. The predicted octanol–water partition coefficient (Wildman–Crippen LogP) is 2.69. The molecule has 0 unspecified atom stereocenters. The summed E-state index contributed by atoms with van der Waals surface area (Å²) in [6.45, 7) is 1.49. The molecule has 0 aliphatic heterocycles. The second kappa shape index (κ2) is 8.09. The van der Waals surface area contributed by atoms with Gasteiger partial charge in [0.1, 0.15) is 5.82 Å². The summed E-state index contributed by atoms with van der Waals surface area (Å²) in [5.74, 6) is -0.383. The fourth-order valence-electron chi connectivity index (χ4n) is 2.41. The molecule has 0 aliphatic carbocycles. The van der Waals surface area contributed by atoms with Gasteiger partial charge in [0.25, 0.3) is 0 Å². The molecule has 2 heterocycles. The summed E-state index contributed by atoms with van der Waals surface area (Å²) in [6, 6.07) is 8.80. The number of nitrogens with zero attached hydrogens (tertiary/aromatic N) is 3. The molecule has 0 fully saturated rings. The smallest absolute Gasteiger partial charge is 0.319 e. The first-order valence-corrected chi connectivity index (χ1v) is 8.09. The molecular weight excluding hydrogens is 351 g/mol. The van der Waals surface area contributed by atoms with Gasteiger partial charge in [-0.2, -0.15) is 5.10 Å². The maximum Gasteiger partial charge on any atom is 0.319 e. The average molecular weight is 368 g/mol. The third kappa shape index (κ3) is 4.66. The average Bonchev–Trinajstić information content (AvgIpc) is 3.17. The summed E-state index contributed by atoms with van der Waals surface area (Å²) in [7, 11) is 0. The van der Waals surface area contributed by atoms with Crippen molar-refractivity contribution in [2.24, 2.45) is 0 Å². The lowest BCUT2D eigenvalue weighted by atomic mass is 10.2. The molecule has 0 aliphatic rings. The highest BCUT2D eigenvalue weighted by Gasteiger charge is 2.10. The van der Waals surface area contributed by atoms with Crippen LogP contribution in [-0.4, -0.2) is 26.7 Å². The largest absolute Gasteiger partial charge is 0.334 e. The minimum absolute atomic E-state index is 0.00599. The van der Waals surface area contributed by atoms with E-state index in [1.54, 1.807) is 35.4 Å². The van der Waals surface area contributed by atoms with Crippen LogP contribution in [-0.2, 0) is 11.3 Å². The van der Waals surface area contributed by atoms with Gasteiger partial charge in [-0.05, 0) is 30.3 Å². The molecule has 0 spiro atoms. The molecule has 0 radical (unpaired) electrons. The number of hydrogen-bond donors (Lipinski definition) is 3. The number of anilines is 2. The molecule has 0 saturated heterocycles. The summed E-state index contributed by atoms with van der Waals surface area (Å²) in [4.78, 5) is 27.5. The van der Waals surface area contributed by atoms with Crippen molar-refractivity contribution in [1.29, 1.82) is 0 Å². The lowest BCUT2D eigenvalue weighted by Crippen LogP contribution is -2.28. The fraction of sp³-hybridized carbons (Fsp3) is 0.111. The highest BCUT2D eigenvalue weighted by molar-refractivity contribution is 5.92. The number of carbonyl (C=O) groups excluding carboxylic acids is 2. The van der Waals surface area contributed by atoms with Gasteiger partial charge in [-0.1, -0.05) is 6.07 Å². The number of urea groups is 1. The Morgan fingerprint density at radius 1 is 1.15 bits per heavy atom. The zero-order chi connectivity index (χ0) is 19.2. The molecule has 0 saturated carbocycles. The molecule has 2 aromatic heterocycles. The highest BCUT2D eigenvalue weighted by Crippen LogP contribution is 2.19. The highest BCUT2D eigenvalue weighted by atomic mass is 19.1. The number of halogens is 1. The number of aromatic nitrogens is 3. The summed E-state index contributed by atoms with van der Waals surface area (Å²) < 4.78 is 15.3. The number of hydrogen-bond acceptors (Lipinski definition) is 4. The maximum absolute atomic E-state index is 13.7. The van der Waals surface area contributed by atoms with Crippen LogP contribution in [0.25, 0.3) is 5.82 Å². The first-order chi connectivity index (χ1) is 13.0. The van der Waals surface area contributed by atoms with Gasteiger partial charge >= 0.3 is 6.03 Å². The minimum atomic E-state index is -0.588. The topological polar surface area (TPSA) is 101 Å². The van der Waals surface area contributed by atoms with Gasteiger partial charge in [0.05, 0.1) is 5.69 Å². The van der Waals surface area contributed by atoms with Gasteiger partial charge in [0, 0.05) is 43.3 Å². The molecule has 3 N–H and O–H groups in total. The Morgan fingerprint density at radius 2 is 2.00 bits per heavy atom. The van der Waals surface area contributed by atoms with E-state index >= 15 is 0 Å². The van der Waals surface area contributed by atoms with E-state index in [0.717, 1.165) is 11.6 Å². The van der Waals surface area contributed by atoms with Crippen molar-refractivity contribution < 1.29 is 14.0 Å². The van der Waals surface area contributed by atoms with E-state index in [-0.39, 0.29) is 12.2 Å². The predicted molar refractivity (Wildman–Crippen MR) is 97.9 cm³/mol. The van der Waals surface area contributed by atoms with E-state index in [2.05, 4.69) is 26.0 Å². The standard InChI is InChI=1S/C18H17FN6O2/c1-12(26)23-16-10-14(5-6-15(16)19)24-18(27)21-11-13-4-2-7-20-17(13)25-9-3-8-22-25/h2-10H,11H2,1H3,(H,23,26)(H2,21,24,27). The quantitative estimate of drug-likeness (QED) is 0.644. The second-order valence-electron chi connectivity index (χ2n) is 5.62. The third-order valence-corrected chi connectivity index (χ3v) is 3.56. The van der Waals surface area contributed by atoms with E-state index < -0.39 is 17.8 Å². The normalized spacial score (nSPS) is 10.3. The van der Waals surface area contributed by atoms with Gasteiger partial charge in [-0.3, -0.25) is 4.79 Å². The Balaban J connectivity index is 1.65. The van der Waals surface area contributed by atoms with Crippen molar-refractivity contribution in [1.82, 2.24) is 20.1 Å². The Labute approximate surface area is 154 Å². The van der Waals surface area contributed by atoms with E-state index in [9.17, 15) is 14.0 Å². The van der Waals surface area contributed by atoms with Crippen LogP contribution in [0.15, 0.2) is 55.0 Å². The van der Waals surface area contributed by atoms with Crippen LogP contribution >= 0.6 is 0 Å². The summed E-state index contributed by atoms with van der Waals surface area (Å²) in [5.41, 5.74) is 1.11. The van der Waals surface area contributed by atoms with E-state index in [1.165, 1.54) is 19.1 Å². The molecule has 3 rings (SSSR count). The molecule has 0 atom stereocenters. The van der Waals surface area contributed by atoms with Crippen LogP contribution in [0.4, 0.5) is 20.6 Å². The SMILES string of the molecule is CC(=O)Nc1cc(NC(=O)NCc2cccnc2-n2cccn2)ccc1F. The van der Waals surface area contributed by atoms with Gasteiger partial charge in [0.15, 0.2) is 5.82 Å². The van der Waals surface area contributed by atoms with Crippen molar-refractivity contribution in [2.45, 2.75) is 13.5 Å². The van der Waals surface area contributed by atoms with Gasteiger partial charge in [-0.15, -0.1) is 0 Å². The minimum Gasteiger partial charge on any atom is -0.334 e. The van der Waals surface area contributed by atoms with Gasteiger partial charge in [0.2, 0.25) is 5.91 Å². The first kappa shape index (κ1) is 18.1. The zero-order valence-electron chi connectivity index (χ0n) is 14.4. The fourth-order valence-corrected chi connectivity index (χ4v) is 2.41. The lowest BCUT2D eigenvalue weighted by molar-refractivity contribution is -0.114. The van der Waals surface area contributed by atoms with Crippen LogP contribution in [0, 0.1) is 5.82 Å². The van der Waals surface area contributed by atoms with E-state index in [0.29, 0.717) is 11.5 Å². The molecule has 0 bridgehead atoms. The van der Waals surface area contributed by atoms with E-state index in [1.807, 2.05) is 6.07 Å². The Morgan fingerprint density at radius 3 is 2.74 bits per heavy atom. The Kier molecular flexibility index (Phi) is 5.41. The third-order valence-electron chi connectivity index (χ3n) is 3.56. The molecule has 27 heavy (non-hydrogen) atoms. The molecule has 1 aromatic carbocycles. The van der Waals surface area contributed by atoms with Crippen molar-refractivity contribution in [2.75, 3.05) is 10.6 Å². The number of pyridine rings is 1. The van der Waals surface area contributed by atoms with Gasteiger partial charge < -0.3 is 16.0 Å². The Hall–Kier alpha value is -3.75. The zero-order valence-corrected chi connectivity index (χ0v) is 14.4. The molecule has 8 nitrogen and oxygen atoms in total. The van der Waals surface area contributed by atoms with Crippen LogP contribution in [0.3, 0.4) is 0 Å². The summed E-state index contributed by atoms with van der Waals surface area (Å²) >= 11 is 0. The number of rotatable bonds is 5. The van der Waals surface area contributed by atoms with Crippen molar-refractivity contribution in [3.8, 4) is 5.82 Å². The van der Waals surface area contributed by atoms with Crippen LogP contribution in [0.1, 0.15) is 12.5 Å². The maximum atomic E-state index is 13.7. The Bertz CT molecular complexity index is 958. The molecule has 9 heteroatoms. The number of amides is 3. The van der Waals surface area contributed by atoms with Gasteiger partial charge in [-0.25, -0.2) is 18.9 Å². The van der Waals surface area contributed by atoms with Crippen molar-refractivity contribution >= 4 is 23.3 Å². The number of carbonyl (C=O) groups is 2. The first-order valence-electron chi connectivity index (χ1n) is 8.09. The van der Waals surface area contributed by atoms with Crippen LogP contribution in [0.2, 0.25) is 0 Å². The van der Waals surface area contributed by atoms with Crippen LogP contribution in [0.5, 0.6) is 0 Å². The number of nitrogens with one attached hydrogen (secondary N) is 3. The summed E-state index contributed by atoms with van der Waals surface area (Å²) in [6.07, 6.45) is 5.04. The monoisotopic (exact) mass is 368 g/mol. The van der Waals surface area contributed by atoms with Crippen molar-refractivity contribution in [3.05, 3.63) is 66.4 Å². The number of benzene rings is 1. The van der Waals surface area contributed by atoms with Crippen LogP contribution < -0.4 is 16.0 Å². The lowest BCUT2D eigenvalue weighted by Gasteiger charge is -2.12. The second-order valence-corrected chi connectivity index (χ2v) is 5.62. The summed E-state index contributed by atoms with van der Waals surface area (Å²) in [5, 5.41) is 11.8. The molecule has 3 aromatic rings. The van der Waals surface area contributed by atoms with Crippen molar-refractivity contribution in [3.63, 3.8) is 0 Å².